The molecule has 2 saturated heterocycles. The molecular formula is C17H32BN3O5. The standard InChI is InChI=1S/C17H32BN3O5/c1-11(2)9-13(19)15(22)21-8-5-12-14(21)10-20-17(12,16(23)24)6-3-4-7-18(25)26/h11-14,20,25-26H,3-10,19H2,1-2H3,(H,23,24)/t12-,13?,14-,17+/m0/s1. The lowest BCUT2D eigenvalue weighted by Gasteiger charge is -2.31. The number of unbranched alkanes of at least 4 members (excludes halogenated alkanes) is 1. The maximum absolute atomic E-state index is 12.7. The largest absolute Gasteiger partial charge is 0.480 e. The number of aliphatic carboxylic acids is 1. The van der Waals surface area contributed by atoms with Crippen LogP contribution in [-0.2, 0) is 9.59 Å². The number of nitrogens with zero attached hydrogens (tertiary/aromatic N) is 1. The molecule has 2 aliphatic rings. The molecule has 2 heterocycles. The van der Waals surface area contributed by atoms with Crippen LogP contribution < -0.4 is 11.1 Å². The van der Waals surface area contributed by atoms with Crippen molar-refractivity contribution in [3.8, 4) is 0 Å². The van der Waals surface area contributed by atoms with E-state index in [0.29, 0.717) is 51.1 Å². The molecule has 0 aromatic heterocycles. The zero-order valence-electron chi connectivity index (χ0n) is 15.7. The summed E-state index contributed by atoms with van der Waals surface area (Å²) in [5.74, 6) is -0.795. The fourth-order valence-electron chi connectivity index (χ4n) is 4.54. The first-order valence-electron chi connectivity index (χ1n) is 9.59. The topological polar surface area (TPSA) is 136 Å². The maximum Gasteiger partial charge on any atom is 0.451 e. The number of carbonyl (C=O) groups excluding carboxylic acids is 1. The van der Waals surface area contributed by atoms with E-state index in [-0.39, 0.29) is 24.2 Å². The second-order valence-electron chi connectivity index (χ2n) is 8.11. The van der Waals surface area contributed by atoms with Gasteiger partial charge in [-0.3, -0.25) is 14.9 Å². The Kier molecular flexibility index (Phi) is 7.07. The molecular weight excluding hydrogens is 337 g/mol. The SMILES string of the molecule is CC(C)CC(N)C(=O)N1CC[C@H]2[C@@H]1CN[C@@]2(CCCCB(O)O)C(=O)O. The Hall–Kier alpha value is -1.16. The van der Waals surface area contributed by atoms with Crippen molar-refractivity contribution < 1.29 is 24.7 Å². The van der Waals surface area contributed by atoms with E-state index < -0.39 is 24.7 Å². The van der Waals surface area contributed by atoms with Gasteiger partial charge >= 0.3 is 13.1 Å². The summed E-state index contributed by atoms with van der Waals surface area (Å²) in [5, 5.41) is 30.9. The average molecular weight is 369 g/mol. The van der Waals surface area contributed by atoms with Crippen molar-refractivity contribution in [2.75, 3.05) is 13.1 Å². The van der Waals surface area contributed by atoms with E-state index in [0.717, 1.165) is 0 Å². The zero-order valence-corrected chi connectivity index (χ0v) is 15.7. The third-order valence-electron chi connectivity index (χ3n) is 5.80. The van der Waals surface area contributed by atoms with Crippen LogP contribution in [0.25, 0.3) is 0 Å². The summed E-state index contributed by atoms with van der Waals surface area (Å²) in [6.45, 7) is 5.05. The van der Waals surface area contributed by atoms with Crippen molar-refractivity contribution in [1.29, 1.82) is 0 Å². The van der Waals surface area contributed by atoms with E-state index in [4.69, 9.17) is 15.8 Å². The third kappa shape index (κ3) is 4.39. The Morgan fingerprint density at radius 2 is 2.04 bits per heavy atom. The normalized spacial score (nSPS) is 29.1. The van der Waals surface area contributed by atoms with Crippen LogP contribution in [0.2, 0.25) is 6.32 Å². The van der Waals surface area contributed by atoms with Crippen molar-refractivity contribution in [3.63, 3.8) is 0 Å². The summed E-state index contributed by atoms with van der Waals surface area (Å²) >= 11 is 0. The lowest BCUT2D eigenvalue weighted by molar-refractivity contribution is -0.147. The summed E-state index contributed by atoms with van der Waals surface area (Å²) in [6, 6.07) is -0.681. The number of carbonyl (C=O) groups is 2. The summed E-state index contributed by atoms with van der Waals surface area (Å²) in [4.78, 5) is 26.5. The highest BCUT2D eigenvalue weighted by atomic mass is 16.4. The molecule has 4 atom stereocenters. The van der Waals surface area contributed by atoms with Gasteiger partial charge in [-0.25, -0.2) is 0 Å². The van der Waals surface area contributed by atoms with Crippen LogP contribution in [0.3, 0.4) is 0 Å². The number of carboxylic acid groups (broad SMARTS) is 1. The molecule has 0 aromatic carbocycles. The monoisotopic (exact) mass is 369 g/mol. The number of likely N-dealkylation sites (tertiary alicyclic amines) is 1. The highest BCUT2D eigenvalue weighted by Crippen LogP contribution is 2.41. The molecule has 9 heteroatoms. The zero-order chi connectivity index (χ0) is 19.5. The molecule has 0 bridgehead atoms. The Balaban J connectivity index is 2.04. The van der Waals surface area contributed by atoms with Crippen LogP contribution in [0.15, 0.2) is 0 Å². The number of hydrogen-bond acceptors (Lipinski definition) is 6. The average Bonchev–Trinajstić information content (AvgIpc) is 3.11. The fraction of sp³-hybridized carbons (Fsp3) is 0.882. The lowest BCUT2D eigenvalue weighted by atomic mass is 9.77. The lowest BCUT2D eigenvalue weighted by Crippen LogP contribution is -2.52. The Morgan fingerprint density at radius 3 is 2.62 bits per heavy atom. The molecule has 2 aliphatic heterocycles. The van der Waals surface area contributed by atoms with Gasteiger partial charge in [0.2, 0.25) is 5.91 Å². The van der Waals surface area contributed by atoms with Gasteiger partial charge in [-0.15, -0.1) is 0 Å². The first-order valence-corrected chi connectivity index (χ1v) is 9.59. The molecule has 148 valence electrons. The molecule has 0 aromatic rings. The molecule has 0 spiro atoms. The van der Waals surface area contributed by atoms with E-state index in [9.17, 15) is 14.7 Å². The number of carboxylic acids is 1. The van der Waals surface area contributed by atoms with Gasteiger partial charge in [0.1, 0.15) is 5.54 Å². The van der Waals surface area contributed by atoms with Crippen LogP contribution in [-0.4, -0.2) is 69.8 Å². The molecule has 1 unspecified atom stereocenters. The molecule has 8 nitrogen and oxygen atoms in total. The van der Waals surface area contributed by atoms with Crippen molar-refractivity contribution in [2.24, 2.45) is 17.6 Å². The highest BCUT2D eigenvalue weighted by Gasteiger charge is 2.58. The summed E-state index contributed by atoms with van der Waals surface area (Å²) in [6.07, 6.45) is 3.05. The molecule has 2 rings (SSSR count). The van der Waals surface area contributed by atoms with E-state index >= 15 is 0 Å². The smallest absolute Gasteiger partial charge is 0.451 e. The van der Waals surface area contributed by atoms with Gasteiger partial charge < -0.3 is 25.8 Å². The quantitative estimate of drug-likeness (QED) is 0.277. The van der Waals surface area contributed by atoms with Crippen LogP contribution in [0.4, 0.5) is 0 Å². The minimum atomic E-state index is -1.36. The Morgan fingerprint density at radius 1 is 1.35 bits per heavy atom. The number of hydrogen-bond donors (Lipinski definition) is 5. The minimum absolute atomic E-state index is 0.0856. The molecule has 0 saturated carbocycles. The number of nitrogens with one attached hydrogen (secondary N) is 1. The second-order valence-corrected chi connectivity index (χ2v) is 8.11. The van der Waals surface area contributed by atoms with E-state index in [2.05, 4.69) is 5.32 Å². The fourth-order valence-corrected chi connectivity index (χ4v) is 4.54. The highest BCUT2D eigenvalue weighted by molar-refractivity contribution is 6.40. The van der Waals surface area contributed by atoms with Crippen molar-refractivity contribution >= 4 is 19.0 Å². The van der Waals surface area contributed by atoms with Crippen LogP contribution in [0.5, 0.6) is 0 Å². The van der Waals surface area contributed by atoms with Crippen LogP contribution >= 0.6 is 0 Å². The molecule has 6 N–H and O–H groups in total. The van der Waals surface area contributed by atoms with Crippen LogP contribution in [0, 0.1) is 11.8 Å². The predicted molar refractivity (Wildman–Crippen MR) is 98.3 cm³/mol. The van der Waals surface area contributed by atoms with E-state index in [1.54, 1.807) is 4.90 Å². The summed E-state index contributed by atoms with van der Waals surface area (Å²) in [7, 11) is -1.36. The first-order chi connectivity index (χ1) is 12.2. The first kappa shape index (κ1) is 21.1. The predicted octanol–water partition coefficient (Wildman–Crippen LogP) is -0.353. The van der Waals surface area contributed by atoms with Gasteiger partial charge in [-0.1, -0.05) is 26.7 Å². The molecule has 0 aliphatic carbocycles. The maximum atomic E-state index is 12.7. The van der Waals surface area contributed by atoms with Crippen molar-refractivity contribution in [1.82, 2.24) is 10.2 Å². The van der Waals surface area contributed by atoms with Gasteiger partial charge in [-0.2, -0.15) is 0 Å². The Bertz CT molecular complexity index is 519. The molecule has 1 amide bonds. The van der Waals surface area contributed by atoms with Gasteiger partial charge in [-0.05, 0) is 31.5 Å². The van der Waals surface area contributed by atoms with Gasteiger partial charge in [0.05, 0.1) is 6.04 Å². The van der Waals surface area contributed by atoms with Gasteiger partial charge in [0.25, 0.3) is 0 Å². The molecule has 2 fully saturated rings. The van der Waals surface area contributed by atoms with Gasteiger partial charge in [0, 0.05) is 25.0 Å². The summed E-state index contributed by atoms with van der Waals surface area (Å²) < 4.78 is 0. The summed E-state index contributed by atoms with van der Waals surface area (Å²) in [5.41, 5.74) is 5.01. The van der Waals surface area contributed by atoms with Crippen LogP contribution in [0.1, 0.15) is 46.0 Å². The third-order valence-corrected chi connectivity index (χ3v) is 5.80. The van der Waals surface area contributed by atoms with E-state index in [1.165, 1.54) is 0 Å². The molecule has 26 heavy (non-hydrogen) atoms. The minimum Gasteiger partial charge on any atom is -0.480 e. The number of fused-ring (bicyclic) bond motifs is 1. The van der Waals surface area contributed by atoms with Gasteiger partial charge in [0.15, 0.2) is 0 Å². The molecule has 0 radical (unpaired) electrons. The second kappa shape index (κ2) is 8.69. The Labute approximate surface area is 155 Å². The number of rotatable bonds is 9. The van der Waals surface area contributed by atoms with E-state index in [1.807, 2.05) is 13.8 Å². The van der Waals surface area contributed by atoms with Crippen molar-refractivity contribution in [3.05, 3.63) is 0 Å². The van der Waals surface area contributed by atoms with Crippen molar-refractivity contribution in [2.45, 2.75) is 69.9 Å². The number of nitrogens with two attached hydrogens (primary N) is 1. The number of amides is 1.